The maximum Gasteiger partial charge on any atom is -0.00179 e. The maximum absolute atomic E-state index is 3.83. The highest BCUT2D eigenvalue weighted by Crippen LogP contribution is 2.32. The first-order valence-electron chi connectivity index (χ1n) is 6.70. The smallest absolute Gasteiger partial charge is 0.00179 e. The Labute approximate surface area is 95.3 Å². The Bertz CT molecular complexity index is 165. The Kier molecular flexibility index (Phi) is 6.74. The van der Waals surface area contributed by atoms with Crippen LogP contribution in [0.4, 0.5) is 0 Å². The Morgan fingerprint density at radius 1 is 1.27 bits per heavy atom. The molecular weight excluding hydrogens is 182 g/mol. The molecule has 0 saturated heterocycles. The molecule has 15 heavy (non-hydrogen) atoms. The zero-order valence-corrected chi connectivity index (χ0v) is 10.3. The predicted octanol–water partition coefficient (Wildman–Crippen LogP) is 3.76. The summed E-state index contributed by atoms with van der Waals surface area (Å²) >= 11 is 0. The molecule has 2 atom stereocenters. The predicted molar refractivity (Wildman–Crippen MR) is 68.0 cm³/mol. The number of hydrogen-bond donors (Lipinski definition) is 1. The van der Waals surface area contributed by atoms with E-state index in [1.165, 1.54) is 58.0 Å². The summed E-state index contributed by atoms with van der Waals surface area (Å²) in [5.41, 5.74) is 0. The van der Waals surface area contributed by atoms with E-state index in [1.54, 1.807) is 0 Å². The lowest BCUT2D eigenvalue weighted by Crippen LogP contribution is -2.31. The molecule has 0 aromatic heterocycles. The topological polar surface area (TPSA) is 12.0 Å². The quantitative estimate of drug-likeness (QED) is 0.497. The van der Waals surface area contributed by atoms with Gasteiger partial charge in [0.1, 0.15) is 0 Å². The van der Waals surface area contributed by atoms with E-state index in [2.05, 4.69) is 24.9 Å². The average molecular weight is 209 g/mol. The zero-order valence-electron chi connectivity index (χ0n) is 10.3. The van der Waals surface area contributed by atoms with Gasteiger partial charge in [0, 0.05) is 0 Å². The van der Waals surface area contributed by atoms with Crippen molar-refractivity contribution in [2.75, 3.05) is 13.1 Å². The van der Waals surface area contributed by atoms with Crippen LogP contribution in [0.15, 0.2) is 12.7 Å². The fourth-order valence-corrected chi connectivity index (χ4v) is 2.73. The van der Waals surface area contributed by atoms with Gasteiger partial charge in [0.2, 0.25) is 0 Å². The fraction of sp³-hybridized carbons (Fsp3) is 0.857. The van der Waals surface area contributed by atoms with Gasteiger partial charge in [0.05, 0.1) is 0 Å². The molecule has 0 aromatic rings. The molecular formula is C14H27N. The van der Waals surface area contributed by atoms with E-state index in [0.29, 0.717) is 0 Å². The van der Waals surface area contributed by atoms with Gasteiger partial charge in [-0.3, -0.25) is 0 Å². The molecule has 1 heteroatoms. The summed E-state index contributed by atoms with van der Waals surface area (Å²) in [5, 5.41) is 3.59. The molecule has 1 saturated carbocycles. The van der Waals surface area contributed by atoms with Crippen molar-refractivity contribution < 1.29 is 0 Å². The third-order valence-corrected chi connectivity index (χ3v) is 3.64. The van der Waals surface area contributed by atoms with Crippen LogP contribution in [0.5, 0.6) is 0 Å². The minimum atomic E-state index is 0.935. The standard InChI is InChI=1S/C14H27N/c1-3-5-8-13-9-6-7-10-14(13)12-15-11-4-2/h3,13-15H,1,4-12H2,2H3. The van der Waals surface area contributed by atoms with Crippen LogP contribution in [0.1, 0.15) is 51.9 Å². The maximum atomic E-state index is 3.83. The van der Waals surface area contributed by atoms with Gasteiger partial charge in [0.15, 0.2) is 0 Å². The van der Waals surface area contributed by atoms with Crippen molar-refractivity contribution in [3.05, 3.63) is 12.7 Å². The van der Waals surface area contributed by atoms with Crippen LogP contribution in [0.2, 0.25) is 0 Å². The molecule has 1 nitrogen and oxygen atoms in total. The number of nitrogens with one attached hydrogen (secondary N) is 1. The summed E-state index contributed by atoms with van der Waals surface area (Å²) in [7, 11) is 0. The van der Waals surface area contributed by atoms with Gasteiger partial charge in [-0.1, -0.05) is 32.3 Å². The number of rotatable bonds is 7. The fourth-order valence-electron chi connectivity index (χ4n) is 2.73. The molecule has 0 radical (unpaired) electrons. The van der Waals surface area contributed by atoms with E-state index in [1.807, 2.05) is 0 Å². The van der Waals surface area contributed by atoms with E-state index in [-0.39, 0.29) is 0 Å². The highest BCUT2D eigenvalue weighted by atomic mass is 14.9. The van der Waals surface area contributed by atoms with Gasteiger partial charge in [0.25, 0.3) is 0 Å². The number of allylic oxidation sites excluding steroid dienone is 1. The minimum absolute atomic E-state index is 0.935. The van der Waals surface area contributed by atoms with Crippen LogP contribution in [-0.4, -0.2) is 13.1 Å². The van der Waals surface area contributed by atoms with Crippen molar-refractivity contribution in [1.29, 1.82) is 0 Å². The van der Waals surface area contributed by atoms with Crippen LogP contribution in [-0.2, 0) is 0 Å². The first kappa shape index (κ1) is 12.8. The van der Waals surface area contributed by atoms with E-state index in [0.717, 1.165) is 11.8 Å². The first-order chi connectivity index (χ1) is 7.38. The van der Waals surface area contributed by atoms with E-state index < -0.39 is 0 Å². The first-order valence-corrected chi connectivity index (χ1v) is 6.70. The molecule has 0 aliphatic heterocycles. The molecule has 0 bridgehead atoms. The van der Waals surface area contributed by atoms with Gasteiger partial charge in [-0.25, -0.2) is 0 Å². The molecule has 88 valence electrons. The molecule has 0 aromatic carbocycles. The van der Waals surface area contributed by atoms with Gasteiger partial charge in [-0.2, -0.15) is 0 Å². The molecule has 1 aliphatic carbocycles. The van der Waals surface area contributed by atoms with Crippen LogP contribution < -0.4 is 5.32 Å². The lowest BCUT2D eigenvalue weighted by molar-refractivity contribution is 0.219. The second-order valence-electron chi connectivity index (χ2n) is 4.87. The summed E-state index contributed by atoms with van der Waals surface area (Å²) in [6.07, 6.45) is 11.7. The van der Waals surface area contributed by atoms with Crippen molar-refractivity contribution in [3.8, 4) is 0 Å². The molecule has 0 heterocycles. The van der Waals surface area contributed by atoms with Crippen LogP contribution in [0.3, 0.4) is 0 Å². The van der Waals surface area contributed by atoms with Crippen molar-refractivity contribution in [2.45, 2.75) is 51.9 Å². The SMILES string of the molecule is C=CCCC1CCCCC1CNCCC. The normalized spacial score (nSPS) is 26.5. The van der Waals surface area contributed by atoms with Crippen molar-refractivity contribution >= 4 is 0 Å². The number of hydrogen-bond acceptors (Lipinski definition) is 1. The van der Waals surface area contributed by atoms with Crippen molar-refractivity contribution in [2.24, 2.45) is 11.8 Å². The van der Waals surface area contributed by atoms with Crippen LogP contribution in [0, 0.1) is 11.8 Å². The Hall–Kier alpha value is -0.300. The minimum Gasteiger partial charge on any atom is -0.316 e. The van der Waals surface area contributed by atoms with E-state index in [9.17, 15) is 0 Å². The third kappa shape index (κ3) is 4.83. The van der Waals surface area contributed by atoms with E-state index >= 15 is 0 Å². The Morgan fingerprint density at radius 3 is 2.67 bits per heavy atom. The summed E-state index contributed by atoms with van der Waals surface area (Å²) in [4.78, 5) is 0. The van der Waals surface area contributed by atoms with Gasteiger partial charge < -0.3 is 5.32 Å². The van der Waals surface area contributed by atoms with Crippen molar-refractivity contribution in [3.63, 3.8) is 0 Å². The highest BCUT2D eigenvalue weighted by Gasteiger charge is 2.23. The summed E-state index contributed by atoms with van der Waals surface area (Å²) in [6.45, 7) is 8.50. The average Bonchev–Trinajstić information content (AvgIpc) is 2.28. The molecule has 0 spiro atoms. The second kappa shape index (κ2) is 7.92. The molecule has 2 unspecified atom stereocenters. The Balaban J connectivity index is 2.25. The molecule has 1 fully saturated rings. The van der Waals surface area contributed by atoms with E-state index in [4.69, 9.17) is 0 Å². The second-order valence-corrected chi connectivity index (χ2v) is 4.87. The monoisotopic (exact) mass is 209 g/mol. The molecule has 0 amide bonds. The van der Waals surface area contributed by atoms with Crippen LogP contribution >= 0.6 is 0 Å². The third-order valence-electron chi connectivity index (χ3n) is 3.64. The summed E-state index contributed by atoms with van der Waals surface area (Å²) < 4.78 is 0. The lowest BCUT2D eigenvalue weighted by Gasteiger charge is -2.31. The zero-order chi connectivity index (χ0) is 10.9. The summed E-state index contributed by atoms with van der Waals surface area (Å²) in [5.74, 6) is 1.89. The molecule has 1 rings (SSSR count). The van der Waals surface area contributed by atoms with Gasteiger partial charge in [-0.15, -0.1) is 6.58 Å². The molecule has 1 N–H and O–H groups in total. The largest absolute Gasteiger partial charge is 0.316 e. The van der Waals surface area contributed by atoms with Gasteiger partial charge >= 0.3 is 0 Å². The lowest BCUT2D eigenvalue weighted by atomic mass is 9.77. The molecule has 1 aliphatic rings. The Morgan fingerprint density at radius 2 is 2.00 bits per heavy atom. The highest BCUT2D eigenvalue weighted by molar-refractivity contribution is 4.79. The van der Waals surface area contributed by atoms with Crippen molar-refractivity contribution in [1.82, 2.24) is 5.32 Å². The van der Waals surface area contributed by atoms with Gasteiger partial charge in [-0.05, 0) is 50.6 Å². The van der Waals surface area contributed by atoms with Crippen LogP contribution in [0.25, 0.3) is 0 Å². The summed E-state index contributed by atoms with van der Waals surface area (Å²) in [6, 6.07) is 0.